The fraction of sp³-hybridized carbons (Fsp3) is 0.622. The Bertz CT molecular complexity index is 1910. The number of aromatic nitrogens is 3. The first-order chi connectivity index (χ1) is 25.6. The molecule has 6 rings (SSSR count). The van der Waals surface area contributed by atoms with Gasteiger partial charge in [0, 0.05) is 18.5 Å². The number of sulfone groups is 1. The summed E-state index contributed by atoms with van der Waals surface area (Å²) in [5.74, 6) is -2.77. The molecule has 4 aliphatic rings. The Morgan fingerprint density at radius 3 is 2.30 bits per heavy atom. The van der Waals surface area contributed by atoms with E-state index in [0.29, 0.717) is 17.2 Å². The second kappa shape index (κ2) is 16.0. The molecule has 1 aromatic carbocycles. The van der Waals surface area contributed by atoms with Crippen LogP contribution in [0.1, 0.15) is 107 Å². The standard InChI is InChI=1S/C37H49N7O8S2/c1-36(2,50)30-20-39-42-44(30)26-19-29(34(48)41-37(31(45)32(38)46)14-16-53-17-15-37)43(21-26)35(49)28(18-23-6-4-3-5-7-23)40-33(47)25-10-12-27(13-11-25)54(51,52)22-24-8-9-24/h10-13,20,23-24,26,29,50H,3-9,14-19,21-22H2,1-2H3,(H2,38,46)(H,41,48)/b40-28+/t26-,29-/m0/s1. The summed E-state index contributed by atoms with van der Waals surface area (Å²) in [6.45, 7) is 3.09. The maximum Gasteiger partial charge on any atom is 0.287 e. The van der Waals surface area contributed by atoms with Crippen LogP contribution >= 0.6 is 11.8 Å². The number of primary amides is 1. The highest BCUT2D eigenvalue weighted by atomic mass is 32.2. The molecule has 1 aromatic heterocycles. The van der Waals surface area contributed by atoms with Gasteiger partial charge in [-0.15, -0.1) is 5.10 Å². The van der Waals surface area contributed by atoms with Crippen LogP contribution in [0.5, 0.6) is 0 Å². The number of aliphatic hydroxyl groups is 1. The zero-order valence-corrected chi connectivity index (χ0v) is 32.4. The van der Waals surface area contributed by atoms with Crippen molar-refractivity contribution in [1.82, 2.24) is 25.2 Å². The maximum absolute atomic E-state index is 14.8. The molecule has 2 aliphatic heterocycles. The Kier molecular flexibility index (Phi) is 11.8. The molecule has 0 bridgehead atoms. The van der Waals surface area contributed by atoms with Gasteiger partial charge >= 0.3 is 0 Å². The lowest BCUT2D eigenvalue weighted by Gasteiger charge is -2.37. The van der Waals surface area contributed by atoms with Crippen molar-refractivity contribution in [2.45, 2.75) is 113 Å². The lowest BCUT2D eigenvalue weighted by molar-refractivity contribution is -0.143. The number of aliphatic imine (C=N–C) groups is 1. The summed E-state index contributed by atoms with van der Waals surface area (Å²) in [4.78, 5) is 74.0. The molecule has 15 nitrogen and oxygen atoms in total. The summed E-state index contributed by atoms with van der Waals surface area (Å²) in [5.41, 5.74) is 3.00. The van der Waals surface area contributed by atoms with E-state index in [0.717, 1.165) is 44.9 Å². The fourth-order valence-corrected chi connectivity index (χ4v) is 10.7. The molecule has 2 saturated carbocycles. The third-order valence-corrected chi connectivity index (χ3v) is 13.9. The molecule has 4 fully saturated rings. The number of hydrogen-bond acceptors (Lipinski definition) is 11. The number of likely N-dealkylation sites (tertiary alicyclic amines) is 1. The zero-order valence-electron chi connectivity index (χ0n) is 30.7. The Morgan fingerprint density at radius 2 is 1.69 bits per heavy atom. The van der Waals surface area contributed by atoms with E-state index in [1.807, 2.05) is 0 Å². The van der Waals surface area contributed by atoms with Crippen molar-refractivity contribution in [3.8, 4) is 0 Å². The predicted molar refractivity (Wildman–Crippen MR) is 200 cm³/mol. The number of nitrogens with one attached hydrogen (secondary N) is 1. The van der Waals surface area contributed by atoms with Gasteiger partial charge in [-0.3, -0.25) is 24.0 Å². The van der Waals surface area contributed by atoms with E-state index in [2.05, 4.69) is 20.6 Å². The minimum Gasteiger partial charge on any atom is -0.384 e. The molecular weight excluding hydrogens is 735 g/mol. The predicted octanol–water partition coefficient (Wildman–Crippen LogP) is 2.52. The topological polar surface area (TPSA) is 224 Å². The van der Waals surface area contributed by atoms with Gasteiger partial charge in [-0.05, 0) is 93.6 Å². The fourth-order valence-electron chi connectivity index (χ4n) is 7.79. The molecule has 2 saturated heterocycles. The van der Waals surface area contributed by atoms with Gasteiger partial charge < -0.3 is 21.1 Å². The number of carbonyl (C=O) groups excluding carboxylic acids is 5. The van der Waals surface area contributed by atoms with Gasteiger partial charge in [-0.1, -0.05) is 37.3 Å². The highest BCUT2D eigenvalue weighted by molar-refractivity contribution is 7.99. The minimum atomic E-state index is -3.50. The number of thioether (sulfide) groups is 1. The van der Waals surface area contributed by atoms with Crippen LogP contribution < -0.4 is 11.1 Å². The maximum atomic E-state index is 14.8. The highest BCUT2D eigenvalue weighted by Gasteiger charge is 2.49. The lowest BCUT2D eigenvalue weighted by atomic mass is 9.85. The van der Waals surface area contributed by atoms with E-state index in [-0.39, 0.29) is 66.0 Å². The molecule has 4 amide bonds. The van der Waals surface area contributed by atoms with Crippen LogP contribution in [0, 0.1) is 11.8 Å². The van der Waals surface area contributed by atoms with Gasteiger partial charge in [0.05, 0.1) is 28.6 Å². The first-order valence-electron chi connectivity index (χ1n) is 18.7. The van der Waals surface area contributed by atoms with Crippen molar-refractivity contribution in [2.24, 2.45) is 22.6 Å². The van der Waals surface area contributed by atoms with Gasteiger partial charge in [0.1, 0.15) is 22.9 Å². The zero-order chi connectivity index (χ0) is 38.8. The summed E-state index contributed by atoms with van der Waals surface area (Å²) in [6, 6.07) is 3.78. The average molecular weight is 784 g/mol. The van der Waals surface area contributed by atoms with E-state index in [1.54, 1.807) is 25.6 Å². The quantitative estimate of drug-likeness (QED) is 0.198. The Hall–Kier alpha value is -3.96. The Morgan fingerprint density at radius 1 is 1.02 bits per heavy atom. The van der Waals surface area contributed by atoms with Crippen LogP contribution in [0.25, 0.3) is 0 Å². The number of rotatable bonds is 13. The third kappa shape index (κ3) is 8.94. The molecule has 2 atom stereocenters. The number of nitrogens with two attached hydrogens (primary N) is 1. The Labute approximate surface area is 319 Å². The normalized spacial score (nSPS) is 22.5. The smallest absolute Gasteiger partial charge is 0.287 e. The summed E-state index contributed by atoms with van der Waals surface area (Å²) >= 11 is 1.58. The van der Waals surface area contributed by atoms with E-state index >= 15 is 0 Å². The van der Waals surface area contributed by atoms with Crippen molar-refractivity contribution in [3.63, 3.8) is 0 Å². The molecule has 54 heavy (non-hydrogen) atoms. The largest absolute Gasteiger partial charge is 0.384 e. The number of hydrogen-bond donors (Lipinski definition) is 3. The summed E-state index contributed by atoms with van der Waals surface area (Å²) in [5, 5.41) is 21.9. The van der Waals surface area contributed by atoms with E-state index < -0.39 is 62.5 Å². The van der Waals surface area contributed by atoms with Gasteiger partial charge in [-0.2, -0.15) is 11.8 Å². The van der Waals surface area contributed by atoms with Crippen molar-refractivity contribution < 1.29 is 37.5 Å². The van der Waals surface area contributed by atoms with Crippen LogP contribution in [-0.2, 0) is 34.6 Å². The first-order valence-corrected chi connectivity index (χ1v) is 21.5. The molecule has 292 valence electrons. The first kappa shape index (κ1) is 39.7. The van der Waals surface area contributed by atoms with Gasteiger partial charge in [-0.25, -0.2) is 18.1 Å². The lowest BCUT2D eigenvalue weighted by Crippen LogP contribution is -2.63. The minimum absolute atomic E-state index is 0.0288. The van der Waals surface area contributed by atoms with E-state index in [1.165, 1.54) is 40.0 Å². The number of amides is 4. The second-order valence-electron chi connectivity index (χ2n) is 15.7. The number of ketones is 1. The van der Waals surface area contributed by atoms with Gasteiger partial charge in [0.2, 0.25) is 11.7 Å². The van der Waals surface area contributed by atoms with Crippen LogP contribution in [0.4, 0.5) is 0 Å². The van der Waals surface area contributed by atoms with Crippen LogP contribution in [0.2, 0.25) is 0 Å². The number of carbonyl (C=O) groups is 5. The van der Waals surface area contributed by atoms with Crippen LogP contribution in [-0.4, -0.2) is 104 Å². The van der Waals surface area contributed by atoms with E-state index in [9.17, 15) is 37.5 Å². The molecule has 3 heterocycles. The number of benzene rings is 1. The molecule has 0 radical (unpaired) electrons. The summed E-state index contributed by atoms with van der Waals surface area (Å²) in [7, 11) is -3.50. The molecule has 0 spiro atoms. The molecule has 17 heteroatoms. The number of Topliss-reactive ketones (excluding diaryl/α,β-unsaturated/α-hetero) is 1. The van der Waals surface area contributed by atoms with Crippen molar-refractivity contribution >= 4 is 56.7 Å². The summed E-state index contributed by atoms with van der Waals surface area (Å²) in [6.07, 6.45) is 8.44. The molecule has 4 N–H and O–H groups in total. The summed E-state index contributed by atoms with van der Waals surface area (Å²) < 4.78 is 27.1. The second-order valence-corrected chi connectivity index (χ2v) is 18.9. The van der Waals surface area contributed by atoms with Crippen LogP contribution in [0.3, 0.4) is 0 Å². The Balaban J connectivity index is 1.34. The van der Waals surface area contributed by atoms with E-state index in [4.69, 9.17) is 5.73 Å². The van der Waals surface area contributed by atoms with Crippen molar-refractivity contribution in [1.29, 1.82) is 0 Å². The van der Waals surface area contributed by atoms with Crippen molar-refractivity contribution in [3.05, 3.63) is 41.7 Å². The monoisotopic (exact) mass is 783 g/mol. The van der Waals surface area contributed by atoms with Crippen molar-refractivity contribution in [2.75, 3.05) is 23.8 Å². The molecule has 0 unspecified atom stereocenters. The third-order valence-electron chi connectivity index (χ3n) is 11.1. The molecule has 2 aliphatic carbocycles. The average Bonchev–Trinajstić information content (AvgIpc) is 3.59. The van der Waals surface area contributed by atoms with Crippen LogP contribution in [0.15, 0.2) is 40.4 Å². The highest BCUT2D eigenvalue weighted by Crippen LogP contribution is 2.35. The number of nitrogens with zero attached hydrogens (tertiary/aromatic N) is 5. The molecular formula is C37H49N7O8S2. The van der Waals surface area contributed by atoms with Gasteiger partial charge in [0.25, 0.3) is 17.7 Å². The SMILES string of the molecule is CC(C)(O)c1cnnn1[C@H]1C[C@@H](C(=O)NC2(C(=O)C(N)=O)CCSCC2)N(C(=O)/C(CC2CCCCC2)=N/C(=O)c2ccc(S(=O)(=O)CC3CC3)cc2)C1. The van der Waals surface area contributed by atoms with Gasteiger partial charge in [0.15, 0.2) is 9.84 Å². The molecule has 2 aromatic rings.